The first-order valence-corrected chi connectivity index (χ1v) is 6.59. The van der Waals surface area contributed by atoms with Gasteiger partial charge in [-0.15, -0.1) is 0 Å². The third-order valence-electron chi connectivity index (χ3n) is 3.11. The Labute approximate surface area is 124 Å². The van der Waals surface area contributed by atoms with E-state index >= 15 is 0 Å². The number of hydrogen-bond donors (Lipinski definition) is 0. The Morgan fingerprint density at radius 2 is 1.90 bits per heavy atom. The summed E-state index contributed by atoms with van der Waals surface area (Å²) >= 11 is 12.1. The minimum absolute atomic E-state index is 0.161. The fourth-order valence-corrected chi connectivity index (χ4v) is 2.63. The second-order valence-corrected chi connectivity index (χ2v) is 5.07. The van der Waals surface area contributed by atoms with Gasteiger partial charge in [0.15, 0.2) is 0 Å². The normalized spacial score (nSPS) is 13.8. The van der Waals surface area contributed by atoms with Crippen molar-refractivity contribution >= 4 is 40.6 Å². The molecule has 0 bridgehead atoms. The molecule has 3 rings (SSSR count). The fraction of sp³-hybridized carbons (Fsp3) is 0.0714. The first kappa shape index (κ1) is 13.1. The van der Waals surface area contributed by atoms with Gasteiger partial charge < -0.3 is 0 Å². The number of carbonyl (C=O) groups excluding carboxylic acids is 2. The Hall–Kier alpha value is -1.91. The molecule has 1 aliphatic heterocycles. The van der Waals surface area contributed by atoms with E-state index in [-0.39, 0.29) is 6.54 Å². The van der Waals surface area contributed by atoms with Gasteiger partial charge in [-0.25, -0.2) is 4.98 Å². The maximum atomic E-state index is 12.1. The molecular weight excluding hydrogens is 299 g/mol. The molecular formula is C14H8Cl2N2O2. The van der Waals surface area contributed by atoms with Crippen molar-refractivity contribution in [3.63, 3.8) is 0 Å². The van der Waals surface area contributed by atoms with Crippen molar-refractivity contribution in [1.82, 2.24) is 4.98 Å². The van der Waals surface area contributed by atoms with Crippen molar-refractivity contribution in [3.05, 3.63) is 57.8 Å². The Kier molecular flexibility index (Phi) is 3.20. The number of rotatable bonds is 2. The van der Waals surface area contributed by atoms with Crippen LogP contribution >= 0.6 is 23.2 Å². The molecule has 2 aromatic rings. The molecule has 6 heteroatoms. The number of hydrogen-bond acceptors (Lipinski definition) is 3. The van der Waals surface area contributed by atoms with Crippen molar-refractivity contribution in [2.24, 2.45) is 0 Å². The van der Waals surface area contributed by atoms with Crippen LogP contribution in [-0.2, 0) is 11.3 Å². The molecule has 1 aromatic heterocycles. The van der Waals surface area contributed by atoms with Crippen LogP contribution < -0.4 is 4.90 Å². The van der Waals surface area contributed by atoms with Crippen LogP contribution in [0, 0.1) is 0 Å². The molecule has 20 heavy (non-hydrogen) atoms. The van der Waals surface area contributed by atoms with E-state index in [1.54, 1.807) is 36.5 Å². The molecule has 1 aliphatic rings. The maximum absolute atomic E-state index is 12.1. The first-order chi connectivity index (χ1) is 9.59. The van der Waals surface area contributed by atoms with Gasteiger partial charge in [-0.2, -0.15) is 0 Å². The number of benzene rings is 1. The summed E-state index contributed by atoms with van der Waals surface area (Å²) in [4.78, 5) is 29.3. The number of anilines is 1. The summed E-state index contributed by atoms with van der Waals surface area (Å²) in [6.45, 7) is 0.161. The van der Waals surface area contributed by atoms with Crippen LogP contribution in [0.25, 0.3) is 0 Å². The topological polar surface area (TPSA) is 50.3 Å². The third-order valence-corrected chi connectivity index (χ3v) is 3.75. The molecule has 1 amide bonds. The van der Waals surface area contributed by atoms with E-state index in [9.17, 15) is 9.59 Å². The van der Waals surface area contributed by atoms with Gasteiger partial charge >= 0.3 is 0 Å². The molecule has 0 saturated heterocycles. The minimum Gasteiger partial charge on any atom is -0.299 e. The zero-order valence-corrected chi connectivity index (χ0v) is 11.6. The van der Waals surface area contributed by atoms with E-state index in [0.29, 0.717) is 27.0 Å². The number of nitrogens with zero attached hydrogens (tertiary/aromatic N) is 2. The van der Waals surface area contributed by atoms with Crippen LogP contribution in [0.3, 0.4) is 0 Å². The van der Waals surface area contributed by atoms with E-state index < -0.39 is 11.7 Å². The minimum atomic E-state index is -0.604. The smallest absolute Gasteiger partial charge is 0.299 e. The number of fused-ring (bicyclic) bond motifs is 1. The molecule has 0 aliphatic carbocycles. The molecule has 0 N–H and O–H groups in total. The lowest BCUT2D eigenvalue weighted by Gasteiger charge is -2.18. The number of carbonyl (C=O) groups is 2. The maximum Gasteiger partial charge on any atom is 0.299 e. The lowest BCUT2D eigenvalue weighted by molar-refractivity contribution is -0.114. The van der Waals surface area contributed by atoms with Crippen LogP contribution in [0.5, 0.6) is 0 Å². The number of Topliss-reactive ketones (excluding diaryl/α,β-unsaturated/α-hetero) is 1. The zero-order chi connectivity index (χ0) is 14.3. The third kappa shape index (κ3) is 1.97. The molecule has 0 spiro atoms. The van der Waals surface area contributed by atoms with Crippen LogP contribution in [0.2, 0.25) is 10.2 Å². The summed E-state index contributed by atoms with van der Waals surface area (Å²) < 4.78 is 0. The fourth-order valence-electron chi connectivity index (χ4n) is 2.17. The number of pyridine rings is 1. The Morgan fingerprint density at radius 1 is 1.10 bits per heavy atom. The molecule has 2 heterocycles. The van der Waals surface area contributed by atoms with Gasteiger partial charge in [0, 0.05) is 11.8 Å². The van der Waals surface area contributed by atoms with Gasteiger partial charge in [0.1, 0.15) is 5.15 Å². The lowest BCUT2D eigenvalue weighted by atomic mass is 10.1. The van der Waals surface area contributed by atoms with Crippen molar-refractivity contribution in [2.45, 2.75) is 6.54 Å². The van der Waals surface area contributed by atoms with Gasteiger partial charge in [0.05, 0.1) is 22.8 Å². The largest absolute Gasteiger partial charge is 0.299 e. The van der Waals surface area contributed by atoms with Crippen LogP contribution in [0.4, 0.5) is 5.69 Å². The van der Waals surface area contributed by atoms with E-state index in [1.165, 1.54) is 4.90 Å². The van der Waals surface area contributed by atoms with Gasteiger partial charge in [-0.1, -0.05) is 35.3 Å². The average Bonchev–Trinajstić information content (AvgIpc) is 2.68. The molecule has 1 aromatic carbocycles. The van der Waals surface area contributed by atoms with Gasteiger partial charge in [0.25, 0.3) is 11.7 Å². The van der Waals surface area contributed by atoms with E-state index in [2.05, 4.69) is 4.98 Å². The van der Waals surface area contributed by atoms with Gasteiger partial charge in [-0.05, 0) is 18.2 Å². The summed E-state index contributed by atoms with van der Waals surface area (Å²) in [6.07, 6.45) is 1.56. The number of ketones is 1. The van der Waals surface area contributed by atoms with Crippen molar-refractivity contribution in [1.29, 1.82) is 0 Å². The summed E-state index contributed by atoms with van der Waals surface area (Å²) in [6, 6.07) is 8.35. The highest BCUT2D eigenvalue weighted by atomic mass is 35.5. The lowest BCUT2D eigenvalue weighted by Crippen LogP contribution is -2.29. The van der Waals surface area contributed by atoms with E-state index in [0.717, 1.165) is 0 Å². The van der Waals surface area contributed by atoms with Crippen LogP contribution in [-0.4, -0.2) is 16.7 Å². The van der Waals surface area contributed by atoms with Crippen LogP contribution in [0.15, 0.2) is 36.5 Å². The summed E-state index contributed by atoms with van der Waals surface area (Å²) in [7, 11) is 0. The van der Waals surface area contributed by atoms with Crippen molar-refractivity contribution in [3.8, 4) is 0 Å². The van der Waals surface area contributed by atoms with E-state index in [1.807, 2.05) is 0 Å². The van der Waals surface area contributed by atoms with Gasteiger partial charge in [0.2, 0.25) is 0 Å². The predicted molar refractivity (Wildman–Crippen MR) is 76.2 cm³/mol. The molecule has 0 saturated carbocycles. The molecule has 100 valence electrons. The number of halogens is 2. The summed E-state index contributed by atoms with van der Waals surface area (Å²) in [5.41, 5.74) is 1.41. The molecule has 0 radical (unpaired) electrons. The molecule has 0 fully saturated rings. The summed E-state index contributed by atoms with van der Waals surface area (Å²) in [5.74, 6) is -1.16. The second kappa shape index (κ2) is 4.89. The number of aromatic nitrogens is 1. The standard InChI is InChI=1S/C14H8Cl2N2O2/c15-10-5-1-4-9-11(10)18(14(20)12(9)19)7-8-3-2-6-17-13(8)16/h1-6H,7H2. The molecule has 0 atom stereocenters. The van der Waals surface area contributed by atoms with E-state index in [4.69, 9.17) is 23.2 Å². The highest BCUT2D eigenvalue weighted by Crippen LogP contribution is 2.37. The second-order valence-electron chi connectivity index (χ2n) is 4.31. The highest BCUT2D eigenvalue weighted by molar-refractivity contribution is 6.54. The quantitative estimate of drug-likeness (QED) is 0.633. The van der Waals surface area contributed by atoms with Gasteiger partial charge in [-0.3, -0.25) is 14.5 Å². The summed E-state index contributed by atoms with van der Waals surface area (Å²) in [5, 5.41) is 0.662. The van der Waals surface area contributed by atoms with Crippen molar-refractivity contribution in [2.75, 3.05) is 4.90 Å². The first-order valence-electron chi connectivity index (χ1n) is 5.83. The zero-order valence-electron chi connectivity index (χ0n) is 10.1. The molecule has 0 unspecified atom stereocenters. The Bertz CT molecular complexity index is 731. The number of para-hydroxylation sites is 1. The monoisotopic (exact) mass is 306 g/mol. The Balaban J connectivity index is 2.06. The van der Waals surface area contributed by atoms with Crippen molar-refractivity contribution < 1.29 is 9.59 Å². The average molecular weight is 307 g/mol. The Morgan fingerprint density at radius 3 is 2.65 bits per heavy atom. The highest BCUT2D eigenvalue weighted by Gasteiger charge is 2.37. The van der Waals surface area contributed by atoms with Crippen LogP contribution in [0.1, 0.15) is 15.9 Å². The number of amides is 1. The predicted octanol–water partition coefficient (Wildman–Crippen LogP) is 3.12. The molecule has 4 nitrogen and oxygen atoms in total. The SMILES string of the molecule is O=C1C(=O)N(Cc2cccnc2Cl)c2c(Cl)cccc21.